The lowest BCUT2D eigenvalue weighted by atomic mass is 10.0. The van der Waals surface area contributed by atoms with Crippen LogP contribution in [-0.2, 0) is 32.7 Å². The maximum atomic E-state index is 13.9. The second kappa shape index (κ2) is 38.7. The van der Waals surface area contributed by atoms with Gasteiger partial charge in [0.1, 0.15) is 6.61 Å². The Hall–Kier alpha value is -0.990. The summed E-state index contributed by atoms with van der Waals surface area (Å²) in [4.78, 5) is 37.8. The first kappa shape index (κ1) is 9.75. The van der Waals surface area contributed by atoms with Crippen LogP contribution in [-0.4, -0.2) is 49.3 Å². The topological polar surface area (TPSA) is 134 Å². The maximum Gasteiger partial charge on any atom is 0.472 e. The Bertz CT molecular complexity index is 3430. The van der Waals surface area contributed by atoms with E-state index in [9.17, 15) is 19.0 Å². The van der Waals surface area contributed by atoms with Crippen LogP contribution in [0.15, 0.2) is 0 Å². The second-order valence-corrected chi connectivity index (χ2v) is 8.83. The lowest BCUT2D eigenvalue weighted by molar-refractivity contribution is -0.161. The van der Waals surface area contributed by atoms with Crippen LogP contribution in [0.4, 0.5) is 0 Å². The molecule has 0 spiro atoms. The molecule has 0 bridgehead atoms. The van der Waals surface area contributed by atoms with E-state index >= 15 is 0 Å². The number of hydrogen-bond donors (Lipinski definition) is 2. The van der Waals surface area contributed by atoms with Crippen LogP contribution in [0.3, 0.4) is 0 Å². The lowest BCUT2D eigenvalue weighted by Gasteiger charge is -2.19. The molecule has 9 nitrogen and oxygen atoms in total. The number of nitrogens with two attached hydrogens (primary N) is 1. The smallest absolute Gasteiger partial charge is 0.462 e. The molecule has 0 aromatic carbocycles. The fourth-order valence-corrected chi connectivity index (χ4v) is 2.72. The molecule has 304 valence electrons. The Morgan fingerprint density at radius 3 is 1.24 bits per heavy atom. The van der Waals surface area contributed by atoms with Crippen molar-refractivity contribution in [1.82, 2.24) is 0 Å². The molecule has 0 heterocycles. The predicted molar refractivity (Wildman–Crippen MR) is 211 cm³/mol. The van der Waals surface area contributed by atoms with Gasteiger partial charge in [-0.15, -0.1) is 0 Å². The number of esters is 2. The van der Waals surface area contributed by atoms with Gasteiger partial charge in [-0.1, -0.05) is 192 Å². The molecule has 0 aliphatic heterocycles. The van der Waals surface area contributed by atoms with E-state index in [1.54, 1.807) is 0 Å². The van der Waals surface area contributed by atoms with Crippen molar-refractivity contribution in [2.45, 2.75) is 224 Å². The minimum Gasteiger partial charge on any atom is -0.462 e. The van der Waals surface area contributed by atoms with Gasteiger partial charge in [0.15, 0.2) is 6.10 Å². The minimum atomic E-state index is -5.70. The summed E-state index contributed by atoms with van der Waals surface area (Å²) in [5.74, 6) is -6.19. The van der Waals surface area contributed by atoms with E-state index in [0.717, 1.165) is 0 Å². The molecule has 0 amide bonds. The molecular formula is C41H82NO8P. The highest BCUT2D eigenvalue weighted by atomic mass is 31.2. The second-order valence-electron chi connectivity index (χ2n) is 7.38. The fraction of sp³-hybridized carbons (Fsp3) is 0.951. The zero-order chi connectivity index (χ0) is 93.0. The van der Waals surface area contributed by atoms with Crippen LogP contribution in [0.5, 0.6) is 0 Å². The summed E-state index contributed by atoms with van der Waals surface area (Å²) in [5.41, 5.74) is 5.18. The summed E-state index contributed by atoms with van der Waals surface area (Å²) in [6, 6.07) is 0. The van der Waals surface area contributed by atoms with Crippen molar-refractivity contribution < 1.29 is 123 Å². The number of rotatable bonds is 41. The summed E-state index contributed by atoms with van der Waals surface area (Å²) in [5, 5.41) is 0. The first-order valence-electron chi connectivity index (χ1n) is 44.8. The summed E-state index contributed by atoms with van der Waals surface area (Å²) in [6.45, 7) is -4.77. The maximum absolute atomic E-state index is 13.9. The van der Waals surface area contributed by atoms with Crippen molar-refractivity contribution >= 4 is 19.8 Å². The summed E-state index contributed by atoms with van der Waals surface area (Å²) in [6.07, 6.45) is -163. The largest absolute Gasteiger partial charge is 0.472 e. The average Bonchev–Trinajstić information content (AvgIpc) is 0.681. The van der Waals surface area contributed by atoms with Gasteiger partial charge in [0.25, 0.3) is 0 Å². The molecule has 51 heavy (non-hydrogen) atoms. The number of carbonyl (C=O) groups is 2. The van der Waals surface area contributed by atoms with Gasteiger partial charge in [0.2, 0.25) is 0 Å². The molecule has 0 aromatic rings. The molecule has 4 atom stereocenters. The standard InChI is InChI=1S/C41H82NO8P/c1-3-5-7-9-11-13-15-17-19-21-23-25-27-29-31-33-40(43)47-37-39(38-49-51(45,46)48-36-35-42)50-41(44)34-32-30-28-26-24-22-20-18-16-14-12-10-8-6-4-2/h39H,3-38,42H2,1-2H3,(H,45,46)/t39-/m1/s1/i3D,4D,5D2,6D2,7D2,8D2,9D2,10D2,11D2,12D2,13D2,14D2,15D2,16D2,17D2,18D2,19D2,20D2,21D2,22D2,23D2,24D2,25D2,26D2,27D2,28D2,29D2,30D2,31D2,32D2,33D2,34D2/t3?,4?,39-. The molecule has 0 aliphatic rings. The van der Waals surface area contributed by atoms with Crippen molar-refractivity contribution in [2.75, 3.05) is 26.4 Å². The molecule has 3 unspecified atom stereocenters. The van der Waals surface area contributed by atoms with Crippen LogP contribution in [0, 0.1) is 0 Å². The molecule has 0 fully saturated rings. The zero-order valence-corrected chi connectivity index (χ0v) is 27.8. The van der Waals surface area contributed by atoms with E-state index in [4.69, 9.17) is 90.7 Å². The van der Waals surface area contributed by atoms with Gasteiger partial charge < -0.3 is 20.1 Å². The number of hydrogen-bond acceptors (Lipinski definition) is 8. The monoisotopic (exact) mass is 810 g/mol. The van der Waals surface area contributed by atoms with E-state index in [2.05, 4.69) is 18.5 Å². The van der Waals surface area contributed by atoms with Gasteiger partial charge in [-0.2, -0.15) is 0 Å². The molecule has 0 aromatic heterocycles. The first-order valence-corrected chi connectivity index (χ1v) is 15.1. The van der Waals surface area contributed by atoms with Gasteiger partial charge in [-0.05, 0) is 12.7 Å². The number of carbonyl (C=O) groups excluding carboxylic acids is 2. The van der Waals surface area contributed by atoms with Gasteiger partial charge in [0, 0.05) is 104 Å². The molecular weight excluding hydrogens is 665 g/mol. The minimum absolute atomic E-state index is 0.582. The van der Waals surface area contributed by atoms with E-state index in [1.165, 1.54) is 0 Å². The van der Waals surface area contributed by atoms with Gasteiger partial charge >= 0.3 is 19.8 Å². The number of phosphoric ester groups is 1. The quantitative estimate of drug-likeness (QED) is 0.0457. The normalized spacial score (nSPS) is 40.9. The van der Waals surface area contributed by atoms with Crippen LogP contribution >= 0.6 is 7.82 Å². The zero-order valence-electron chi connectivity index (χ0n) is 88.9. The first-order chi connectivity index (χ1) is 48.1. The Labute approximate surface area is 401 Å². The highest BCUT2D eigenvalue weighted by Crippen LogP contribution is 2.43. The molecule has 3 N–H and O–H groups in total. The predicted octanol–water partition coefficient (Wildman–Crippen LogP) is 12.1. The Morgan fingerprint density at radius 1 is 0.549 bits per heavy atom. The SMILES string of the molecule is [2H]C(C)C([2H])([2H])C([2H])([2H])C([2H])([2H])C([2H])([2H])C([2H])([2H])C([2H])([2H])C([2H])([2H])C([2H])([2H])C([2H])([2H])C([2H])([2H])C([2H])([2H])C([2H])([2H])C([2H])([2H])C([2H])([2H])C([2H])([2H])C(=O)OC[C@H](COP(=O)(O)OCCN)OC(=O)C([2H])([2H])C([2H])([2H])C([2H])([2H])C([2H])([2H])C([2H])([2H])C([2H])([2H])C([2H])([2H])C([2H])([2H])C([2H])([2H])C([2H])([2H])C([2H])([2H])C([2H])([2H])C([2H])([2H])C([2H])([2H])C([2H])([2H])C([2H])C. The Balaban J connectivity index is 8.17. The van der Waals surface area contributed by atoms with Gasteiger partial charge in [-0.25, -0.2) is 4.57 Å². The third-order valence-corrected chi connectivity index (χ3v) is 4.72. The number of phosphoric acid groups is 1. The molecule has 0 saturated heterocycles. The third-order valence-electron chi connectivity index (χ3n) is 3.73. The molecule has 0 saturated carbocycles. The van der Waals surface area contributed by atoms with Crippen LogP contribution < -0.4 is 5.73 Å². The van der Waals surface area contributed by atoms with Crippen LogP contribution in [0.1, 0.15) is 303 Å². The Kier molecular flexibility index (Phi) is 7.40. The number of ether oxygens (including phenoxy) is 2. The fourth-order valence-electron chi connectivity index (χ4n) is 1.95. The van der Waals surface area contributed by atoms with Crippen molar-refractivity contribution in [3.8, 4) is 0 Å². The van der Waals surface area contributed by atoms with Crippen molar-refractivity contribution in [3.05, 3.63) is 0 Å². The summed E-state index contributed by atoms with van der Waals surface area (Å²) >= 11 is 0. The van der Waals surface area contributed by atoms with E-state index in [0.29, 0.717) is 13.8 Å². The van der Waals surface area contributed by atoms with Crippen molar-refractivity contribution in [3.63, 3.8) is 0 Å². The van der Waals surface area contributed by atoms with Crippen molar-refractivity contribution in [2.24, 2.45) is 5.73 Å². The summed E-state index contributed by atoms with van der Waals surface area (Å²) < 4.78 is 547. The highest BCUT2D eigenvalue weighted by molar-refractivity contribution is 7.47. The highest BCUT2D eigenvalue weighted by Gasteiger charge is 2.26. The molecule has 0 aliphatic carbocycles. The van der Waals surface area contributed by atoms with Gasteiger partial charge in [0.05, 0.1) is 13.2 Å². The van der Waals surface area contributed by atoms with Crippen molar-refractivity contribution in [1.29, 1.82) is 0 Å². The molecule has 10 heteroatoms. The van der Waals surface area contributed by atoms with Crippen LogP contribution in [0.25, 0.3) is 0 Å². The average molecular weight is 810 g/mol. The summed E-state index contributed by atoms with van der Waals surface area (Å²) in [7, 11) is -5.70. The van der Waals surface area contributed by atoms with Gasteiger partial charge in [-0.3, -0.25) is 18.6 Å². The molecule has 0 radical (unpaired) electrons. The van der Waals surface area contributed by atoms with Crippen LogP contribution in [0.2, 0.25) is 0 Å². The molecule has 0 rings (SSSR count). The van der Waals surface area contributed by atoms with E-state index in [-0.39, 0.29) is 0 Å². The van der Waals surface area contributed by atoms with E-state index < -0.39 is 256 Å². The Morgan fingerprint density at radius 2 is 0.882 bits per heavy atom. The van der Waals surface area contributed by atoms with E-state index in [1.807, 2.05) is 0 Å². The third kappa shape index (κ3) is 38.5. The lowest BCUT2D eigenvalue weighted by Crippen LogP contribution is -2.29.